The third kappa shape index (κ3) is 10.1. The number of methoxy groups -OCH3 is 1. The first-order valence-corrected chi connectivity index (χ1v) is 15.3. The number of carbonyl (C=O) groups excluding carboxylic acids is 3. The molecule has 0 spiro atoms. The number of aromatic nitrogens is 1. The van der Waals surface area contributed by atoms with Crippen molar-refractivity contribution in [2.75, 3.05) is 38.3 Å². The van der Waals surface area contributed by atoms with Crippen molar-refractivity contribution in [3.8, 4) is 0 Å². The predicted octanol–water partition coefficient (Wildman–Crippen LogP) is 4.85. The highest BCUT2D eigenvalue weighted by Gasteiger charge is 2.38. The molecular formula is C32H33ClF5N5O6. The third-order valence-electron chi connectivity index (χ3n) is 7.66. The fraction of sp³-hybridized carbons (Fsp3) is 0.375. The lowest BCUT2D eigenvalue weighted by Gasteiger charge is -2.31. The molecule has 1 fully saturated rings. The van der Waals surface area contributed by atoms with Crippen LogP contribution in [0.4, 0.5) is 37.2 Å². The first kappa shape index (κ1) is 37.4. The van der Waals surface area contributed by atoms with E-state index in [2.05, 4.69) is 10.3 Å². The lowest BCUT2D eigenvalue weighted by atomic mass is 9.84. The van der Waals surface area contributed by atoms with E-state index in [4.69, 9.17) is 31.5 Å². The molecule has 4 N–H and O–H groups in total. The van der Waals surface area contributed by atoms with Crippen LogP contribution in [0.3, 0.4) is 0 Å². The van der Waals surface area contributed by atoms with E-state index in [1.165, 1.54) is 36.5 Å². The van der Waals surface area contributed by atoms with Crippen molar-refractivity contribution < 1.29 is 50.5 Å². The number of imide groups is 1. The van der Waals surface area contributed by atoms with Gasteiger partial charge >= 0.3 is 18.4 Å². The molecule has 17 heteroatoms. The number of pyridine rings is 1. The van der Waals surface area contributed by atoms with Crippen molar-refractivity contribution in [2.45, 2.75) is 43.1 Å². The number of alkyl carbamates (subject to hydrolysis) is 1. The van der Waals surface area contributed by atoms with Crippen LogP contribution < -0.4 is 21.3 Å². The summed E-state index contributed by atoms with van der Waals surface area (Å²) in [7, 11) is 1.04. The molecule has 49 heavy (non-hydrogen) atoms. The summed E-state index contributed by atoms with van der Waals surface area (Å²) >= 11 is 6.05. The average Bonchev–Trinajstić information content (AvgIpc) is 3.08. The Hall–Kier alpha value is -4.38. The van der Waals surface area contributed by atoms with E-state index >= 15 is 8.78 Å². The van der Waals surface area contributed by atoms with Crippen LogP contribution in [0.1, 0.15) is 29.0 Å². The molecule has 4 atom stereocenters. The number of benzene rings is 2. The lowest BCUT2D eigenvalue weighted by molar-refractivity contribution is -0.124. The van der Waals surface area contributed by atoms with Gasteiger partial charge in [0, 0.05) is 34.8 Å². The van der Waals surface area contributed by atoms with Crippen molar-refractivity contribution in [1.29, 1.82) is 0 Å². The Balaban J connectivity index is 1.50. The van der Waals surface area contributed by atoms with Gasteiger partial charge in [0.25, 0.3) is 5.91 Å². The van der Waals surface area contributed by atoms with Crippen LogP contribution in [0, 0.1) is 11.6 Å². The van der Waals surface area contributed by atoms with Crippen LogP contribution in [-0.4, -0.2) is 80.9 Å². The molecule has 0 radical (unpaired) electrons. The van der Waals surface area contributed by atoms with Gasteiger partial charge in [0.2, 0.25) is 0 Å². The van der Waals surface area contributed by atoms with E-state index in [-0.39, 0.29) is 49.4 Å². The van der Waals surface area contributed by atoms with Gasteiger partial charge in [-0.25, -0.2) is 23.3 Å². The molecule has 0 unspecified atom stereocenters. The van der Waals surface area contributed by atoms with Crippen molar-refractivity contribution in [3.05, 3.63) is 94.3 Å². The highest BCUT2D eigenvalue weighted by atomic mass is 35.5. The van der Waals surface area contributed by atoms with Gasteiger partial charge in [0.1, 0.15) is 24.8 Å². The second kappa shape index (κ2) is 16.8. The minimum Gasteiger partial charge on any atom is -0.452 e. The molecule has 1 saturated heterocycles. The summed E-state index contributed by atoms with van der Waals surface area (Å²) in [5.41, 5.74) is 6.77. The second-order valence-electron chi connectivity index (χ2n) is 11.0. The zero-order chi connectivity index (χ0) is 35.7. The number of ether oxygens (including phenoxy) is 3. The molecule has 1 aliphatic heterocycles. The molecule has 0 aliphatic carbocycles. The second-order valence-corrected chi connectivity index (χ2v) is 11.4. The van der Waals surface area contributed by atoms with Gasteiger partial charge in [-0.2, -0.15) is 13.2 Å². The van der Waals surface area contributed by atoms with E-state index in [9.17, 15) is 27.6 Å². The lowest BCUT2D eigenvalue weighted by Crippen LogP contribution is -2.50. The number of anilines is 1. The van der Waals surface area contributed by atoms with Gasteiger partial charge in [-0.15, -0.1) is 0 Å². The number of halogens is 6. The van der Waals surface area contributed by atoms with E-state index in [0.717, 1.165) is 19.4 Å². The monoisotopic (exact) mass is 713 g/mol. The maximum Gasteiger partial charge on any atom is 0.420 e. The van der Waals surface area contributed by atoms with Gasteiger partial charge in [-0.3, -0.25) is 9.78 Å². The average molecular weight is 714 g/mol. The molecule has 2 aromatic carbocycles. The number of rotatable bonds is 11. The molecule has 2 heterocycles. The quantitative estimate of drug-likeness (QED) is 0.238. The van der Waals surface area contributed by atoms with Crippen molar-refractivity contribution in [2.24, 2.45) is 5.73 Å². The standard InChI is InChI=1S/C32H33ClF5N5O6/c1-47-31(46)43(29(44)28(39)27(18-5-7-19(33)8-6-18)23-11-12-40-14-25(23)35)26-4-2-3-24(34)22(26)10-9-21-13-41-20(15-48-21)16-49-30(45)42-17-32(36,37)38/h2-8,11-12,14,20-21,27-28,41H,9-10,13,15-17,39H2,1H3,(H,42,45)/t20-,21+,27-,28-/m0/s1. The minimum atomic E-state index is -4.58. The summed E-state index contributed by atoms with van der Waals surface area (Å²) in [5.74, 6) is -3.61. The van der Waals surface area contributed by atoms with Gasteiger partial charge in [0.05, 0.1) is 43.8 Å². The van der Waals surface area contributed by atoms with Crippen LogP contribution in [0.2, 0.25) is 5.02 Å². The first-order valence-electron chi connectivity index (χ1n) is 14.9. The fourth-order valence-corrected chi connectivity index (χ4v) is 5.37. The zero-order valence-corrected chi connectivity index (χ0v) is 26.8. The summed E-state index contributed by atoms with van der Waals surface area (Å²) in [4.78, 5) is 43.1. The SMILES string of the molecule is COC(=O)N(C(=O)[C@@H](N)[C@@H](c1ccc(Cl)cc1)c1ccncc1F)c1cccc(F)c1CC[C@@H]1CN[C@H](COC(=O)NCC(F)(F)F)CO1. The number of nitrogens with two attached hydrogens (primary N) is 1. The van der Waals surface area contributed by atoms with E-state index in [1.54, 1.807) is 17.4 Å². The van der Waals surface area contributed by atoms with Gasteiger partial charge in [-0.05, 0) is 48.7 Å². The minimum absolute atomic E-state index is 0.0228. The summed E-state index contributed by atoms with van der Waals surface area (Å²) in [6, 6.07) is 9.28. The molecule has 3 amide bonds. The highest BCUT2D eigenvalue weighted by Crippen LogP contribution is 2.33. The Morgan fingerprint density at radius 1 is 1.14 bits per heavy atom. The molecule has 4 rings (SSSR count). The molecule has 3 aromatic rings. The largest absolute Gasteiger partial charge is 0.452 e. The Morgan fingerprint density at radius 2 is 1.88 bits per heavy atom. The number of amides is 3. The summed E-state index contributed by atoms with van der Waals surface area (Å²) in [6.07, 6.45) is -4.99. The Morgan fingerprint density at radius 3 is 2.51 bits per heavy atom. The predicted molar refractivity (Wildman–Crippen MR) is 167 cm³/mol. The fourth-order valence-electron chi connectivity index (χ4n) is 5.25. The van der Waals surface area contributed by atoms with Gasteiger partial charge in [-0.1, -0.05) is 29.8 Å². The Bertz CT molecular complexity index is 1610. The highest BCUT2D eigenvalue weighted by molar-refractivity contribution is 6.30. The maximum atomic E-state index is 15.4. The van der Waals surface area contributed by atoms with E-state index in [0.29, 0.717) is 15.5 Å². The smallest absolute Gasteiger partial charge is 0.420 e. The normalized spacial score (nSPS) is 17.5. The van der Waals surface area contributed by atoms with Crippen LogP contribution in [0.25, 0.3) is 0 Å². The molecule has 0 saturated carbocycles. The van der Waals surface area contributed by atoms with Crippen LogP contribution in [0.5, 0.6) is 0 Å². The van der Waals surface area contributed by atoms with Crippen LogP contribution in [-0.2, 0) is 25.4 Å². The molecule has 11 nitrogen and oxygen atoms in total. The van der Waals surface area contributed by atoms with E-state index in [1.807, 2.05) is 0 Å². The molecule has 1 aromatic heterocycles. The van der Waals surface area contributed by atoms with Gasteiger partial charge < -0.3 is 30.6 Å². The Labute approximate surface area is 282 Å². The number of morpholine rings is 1. The Kier molecular flexibility index (Phi) is 12.9. The third-order valence-corrected chi connectivity index (χ3v) is 7.91. The number of hydrogen-bond donors (Lipinski definition) is 3. The number of nitrogens with one attached hydrogen (secondary N) is 2. The number of hydrogen-bond acceptors (Lipinski definition) is 9. The zero-order valence-electron chi connectivity index (χ0n) is 26.0. The summed E-state index contributed by atoms with van der Waals surface area (Å²) < 4.78 is 82.7. The van der Waals surface area contributed by atoms with E-state index < -0.39 is 66.6 Å². The van der Waals surface area contributed by atoms with Crippen molar-refractivity contribution in [3.63, 3.8) is 0 Å². The number of alkyl halides is 3. The summed E-state index contributed by atoms with van der Waals surface area (Å²) in [5, 5.41) is 5.03. The summed E-state index contributed by atoms with van der Waals surface area (Å²) in [6.45, 7) is -1.55. The number of nitrogens with zero attached hydrogens (tertiary/aromatic N) is 2. The molecule has 1 aliphatic rings. The van der Waals surface area contributed by atoms with Crippen LogP contribution in [0.15, 0.2) is 60.9 Å². The number of carbonyl (C=O) groups is 3. The maximum absolute atomic E-state index is 15.4. The van der Waals surface area contributed by atoms with Gasteiger partial charge in [0.15, 0.2) is 0 Å². The van der Waals surface area contributed by atoms with Crippen molar-refractivity contribution in [1.82, 2.24) is 15.6 Å². The topological polar surface area (TPSA) is 145 Å². The molecular weight excluding hydrogens is 681 g/mol. The first-order chi connectivity index (χ1) is 23.3. The molecule has 0 bridgehead atoms. The molecule has 264 valence electrons. The van der Waals surface area contributed by atoms with Crippen LogP contribution >= 0.6 is 11.6 Å². The van der Waals surface area contributed by atoms with Crippen molar-refractivity contribution >= 4 is 35.4 Å².